The van der Waals surface area contributed by atoms with Crippen molar-refractivity contribution in [3.8, 4) is 5.69 Å². The Balaban J connectivity index is 1.54. The van der Waals surface area contributed by atoms with Crippen LogP contribution >= 0.6 is 11.3 Å². The van der Waals surface area contributed by atoms with Gasteiger partial charge in [0, 0.05) is 10.6 Å². The highest BCUT2D eigenvalue weighted by atomic mass is 32.1. The summed E-state index contributed by atoms with van der Waals surface area (Å²) in [6.07, 6.45) is -0.687. The molecule has 1 atom stereocenters. The summed E-state index contributed by atoms with van der Waals surface area (Å²) in [6.45, 7) is 9.47. The number of carbonyl (C=O) groups excluding carboxylic acids is 1. The predicted molar refractivity (Wildman–Crippen MR) is 117 cm³/mol. The highest BCUT2D eigenvalue weighted by Gasteiger charge is 2.19. The molecule has 0 aliphatic carbocycles. The summed E-state index contributed by atoms with van der Waals surface area (Å²) in [5, 5.41) is 5.04. The lowest BCUT2D eigenvalue weighted by Gasteiger charge is -2.13. The predicted octanol–water partition coefficient (Wildman–Crippen LogP) is 4.32. The third-order valence-electron chi connectivity index (χ3n) is 5.08. The molecule has 1 N–H and O–H groups in total. The van der Waals surface area contributed by atoms with Crippen molar-refractivity contribution < 1.29 is 9.53 Å². The third kappa shape index (κ3) is 3.54. The summed E-state index contributed by atoms with van der Waals surface area (Å²) >= 11 is 1.46. The summed E-state index contributed by atoms with van der Waals surface area (Å²) in [5.74, 6) is -0.148. The first-order valence-electron chi connectivity index (χ1n) is 9.59. The van der Waals surface area contributed by atoms with Gasteiger partial charge in [0.15, 0.2) is 11.9 Å². The fraction of sp³-hybridized carbons (Fsp3) is 0.273. The maximum absolute atomic E-state index is 12.6. The Bertz CT molecular complexity index is 1310. The van der Waals surface area contributed by atoms with Crippen LogP contribution in [0.4, 0.5) is 0 Å². The van der Waals surface area contributed by atoms with Gasteiger partial charge in [0.1, 0.15) is 4.83 Å². The molecule has 0 bridgehead atoms. The summed E-state index contributed by atoms with van der Waals surface area (Å²) in [6, 6.07) is 9.04. The standard InChI is InChI=1S/C22H22N4O3S/c1-11-10-12(2)26(25-11)17-8-6-16(7-9-17)22(28)29-14(4)19-23-20(27)18-13(3)15(5)30-21(18)24-19/h6-10,14H,1-5H3,(H,23,24,27)/t14-/m0/s1. The molecule has 8 heteroatoms. The quantitative estimate of drug-likeness (QED) is 0.495. The molecule has 3 heterocycles. The van der Waals surface area contributed by atoms with Gasteiger partial charge in [-0.15, -0.1) is 11.3 Å². The molecule has 0 saturated heterocycles. The minimum absolute atomic E-state index is 0.214. The first kappa shape index (κ1) is 20.0. The van der Waals surface area contributed by atoms with Crippen molar-refractivity contribution in [2.24, 2.45) is 0 Å². The van der Waals surface area contributed by atoms with Crippen LogP contribution in [0.25, 0.3) is 15.9 Å². The van der Waals surface area contributed by atoms with Crippen LogP contribution in [0.2, 0.25) is 0 Å². The van der Waals surface area contributed by atoms with E-state index < -0.39 is 12.1 Å². The molecule has 3 aromatic heterocycles. The highest BCUT2D eigenvalue weighted by Crippen LogP contribution is 2.27. The summed E-state index contributed by atoms with van der Waals surface area (Å²) in [5.41, 5.74) is 3.94. The van der Waals surface area contributed by atoms with Crippen molar-refractivity contribution in [1.29, 1.82) is 0 Å². The van der Waals surface area contributed by atoms with Crippen molar-refractivity contribution in [3.63, 3.8) is 0 Å². The van der Waals surface area contributed by atoms with E-state index in [2.05, 4.69) is 15.1 Å². The maximum Gasteiger partial charge on any atom is 0.338 e. The monoisotopic (exact) mass is 422 g/mol. The van der Waals surface area contributed by atoms with Crippen LogP contribution in [-0.2, 0) is 4.74 Å². The van der Waals surface area contributed by atoms with Crippen LogP contribution in [0.15, 0.2) is 35.1 Å². The number of aromatic nitrogens is 4. The Hall–Kier alpha value is -3.26. The number of fused-ring (bicyclic) bond motifs is 1. The first-order chi connectivity index (χ1) is 14.2. The molecule has 4 rings (SSSR count). The van der Waals surface area contributed by atoms with E-state index in [-0.39, 0.29) is 5.56 Å². The van der Waals surface area contributed by atoms with Crippen molar-refractivity contribution in [1.82, 2.24) is 19.7 Å². The molecule has 0 aliphatic rings. The van der Waals surface area contributed by atoms with Gasteiger partial charge in [-0.05, 0) is 70.5 Å². The van der Waals surface area contributed by atoms with E-state index >= 15 is 0 Å². The topological polar surface area (TPSA) is 89.9 Å². The SMILES string of the molecule is Cc1cc(C)n(-c2ccc(C(=O)O[C@@H](C)c3nc4sc(C)c(C)c4c(=O)[nH]3)cc2)n1. The molecular weight excluding hydrogens is 400 g/mol. The van der Waals surface area contributed by atoms with Crippen LogP contribution in [0.5, 0.6) is 0 Å². The van der Waals surface area contributed by atoms with Gasteiger partial charge in [-0.25, -0.2) is 14.5 Å². The molecule has 0 spiro atoms. The average Bonchev–Trinajstić information content (AvgIpc) is 3.19. The number of benzene rings is 1. The zero-order valence-electron chi connectivity index (χ0n) is 17.4. The van der Waals surface area contributed by atoms with E-state index in [1.54, 1.807) is 19.1 Å². The number of H-pyrrole nitrogens is 1. The Morgan fingerprint density at radius 2 is 1.87 bits per heavy atom. The smallest absolute Gasteiger partial charge is 0.338 e. The van der Waals surface area contributed by atoms with E-state index in [0.717, 1.165) is 27.5 Å². The second-order valence-corrected chi connectivity index (χ2v) is 8.55. The number of hydrogen-bond donors (Lipinski definition) is 1. The van der Waals surface area contributed by atoms with E-state index in [1.165, 1.54) is 11.3 Å². The minimum Gasteiger partial charge on any atom is -0.451 e. The molecule has 0 fully saturated rings. The van der Waals surface area contributed by atoms with Gasteiger partial charge in [0.05, 0.1) is 22.3 Å². The van der Waals surface area contributed by atoms with E-state index in [1.807, 2.05) is 50.6 Å². The Labute approximate surface area is 177 Å². The lowest BCUT2D eigenvalue weighted by atomic mass is 10.2. The summed E-state index contributed by atoms with van der Waals surface area (Å²) < 4.78 is 7.37. The number of aromatic amines is 1. The van der Waals surface area contributed by atoms with Gasteiger partial charge < -0.3 is 9.72 Å². The van der Waals surface area contributed by atoms with Gasteiger partial charge >= 0.3 is 5.97 Å². The Morgan fingerprint density at radius 1 is 1.17 bits per heavy atom. The Kier molecular flexibility index (Phi) is 5.03. The number of nitrogens with zero attached hydrogens (tertiary/aromatic N) is 3. The molecule has 0 radical (unpaired) electrons. The normalized spacial score (nSPS) is 12.3. The van der Waals surface area contributed by atoms with Crippen molar-refractivity contribution >= 4 is 27.5 Å². The third-order valence-corrected chi connectivity index (χ3v) is 6.18. The van der Waals surface area contributed by atoms with Crippen LogP contribution < -0.4 is 5.56 Å². The molecule has 0 aliphatic heterocycles. The number of rotatable bonds is 4. The molecule has 0 saturated carbocycles. The number of esters is 1. The van der Waals surface area contributed by atoms with Gasteiger partial charge in [-0.3, -0.25) is 4.79 Å². The molecule has 30 heavy (non-hydrogen) atoms. The highest BCUT2D eigenvalue weighted by molar-refractivity contribution is 7.18. The molecule has 0 unspecified atom stereocenters. The molecule has 0 amide bonds. The average molecular weight is 423 g/mol. The van der Waals surface area contributed by atoms with Crippen molar-refractivity contribution in [2.75, 3.05) is 0 Å². The first-order valence-corrected chi connectivity index (χ1v) is 10.4. The molecular formula is C22H22N4O3S. The Morgan fingerprint density at radius 3 is 2.50 bits per heavy atom. The maximum atomic E-state index is 12.6. The van der Waals surface area contributed by atoms with E-state index in [9.17, 15) is 9.59 Å². The van der Waals surface area contributed by atoms with Crippen molar-refractivity contribution in [2.45, 2.75) is 40.7 Å². The summed E-state index contributed by atoms with van der Waals surface area (Å²) in [7, 11) is 0. The fourth-order valence-electron chi connectivity index (χ4n) is 3.38. The van der Waals surface area contributed by atoms with E-state index in [4.69, 9.17) is 4.74 Å². The molecule has 154 valence electrons. The largest absolute Gasteiger partial charge is 0.451 e. The second-order valence-electron chi connectivity index (χ2n) is 7.35. The van der Waals surface area contributed by atoms with Gasteiger partial charge in [0.2, 0.25) is 0 Å². The number of carbonyl (C=O) groups is 1. The number of nitrogens with one attached hydrogen (secondary N) is 1. The van der Waals surface area contributed by atoms with Crippen LogP contribution in [0.1, 0.15) is 51.0 Å². The minimum atomic E-state index is -0.687. The number of thiophene rings is 1. The van der Waals surface area contributed by atoms with E-state index in [0.29, 0.717) is 21.6 Å². The van der Waals surface area contributed by atoms with Crippen molar-refractivity contribution in [3.05, 3.63) is 73.9 Å². The molecule has 4 aromatic rings. The second kappa shape index (κ2) is 7.53. The summed E-state index contributed by atoms with van der Waals surface area (Å²) in [4.78, 5) is 34.0. The lowest BCUT2D eigenvalue weighted by Crippen LogP contribution is -2.17. The fourth-order valence-corrected chi connectivity index (χ4v) is 4.41. The zero-order chi connectivity index (χ0) is 21.6. The van der Waals surface area contributed by atoms with Crippen LogP contribution in [-0.4, -0.2) is 25.7 Å². The lowest BCUT2D eigenvalue weighted by molar-refractivity contribution is 0.0320. The van der Waals surface area contributed by atoms with Crippen LogP contribution in [0.3, 0.4) is 0 Å². The van der Waals surface area contributed by atoms with Gasteiger partial charge in [-0.1, -0.05) is 0 Å². The molecule has 1 aromatic carbocycles. The molecule has 7 nitrogen and oxygen atoms in total. The van der Waals surface area contributed by atoms with Gasteiger partial charge in [0.25, 0.3) is 5.56 Å². The number of aryl methyl sites for hydroxylation is 4. The number of hydrogen-bond acceptors (Lipinski definition) is 6. The number of ether oxygens (including phenoxy) is 1. The van der Waals surface area contributed by atoms with Crippen LogP contribution in [0, 0.1) is 27.7 Å². The van der Waals surface area contributed by atoms with Gasteiger partial charge in [-0.2, -0.15) is 5.10 Å². The zero-order valence-corrected chi connectivity index (χ0v) is 18.3.